The number of esters is 2. The Balaban J connectivity index is 1.86. The van der Waals surface area contributed by atoms with Crippen LogP contribution in [0.15, 0.2) is 71.1 Å². The standard InChI is InChI=1S/C27H25FN2O6/c1-4-35-26(33)21-15(3)29-20(14-30-24(31)18-8-6-7-9-19(18)25(30)32)23(27(34)36-5-2)22(21)16-10-12-17(28)13-11-16/h6-13,22,29H,4-5,14H2,1-3H3. The number of carbonyl (C=O) groups excluding carboxylic acids is 4. The molecule has 2 amide bonds. The first-order valence-corrected chi connectivity index (χ1v) is 11.5. The Hall–Kier alpha value is -4.27. The van der Waals surface area contributed by atoms with E-state index in [4.69, 9.17) is 9.47 Å². The number of halogens is 1. The number of imide groups is 1. The van der Waals surface area contributed by atoms with E-state index >= 15 is 0 Å². The summed E-state index contributed by atoms with van der Waals surface area (Å²) in [5, 5.41) is 3.04. The summed E-state index contributed by atoms with van der Waals surface area (Å²) in [7, 11) is 0. The number of nitrogens with one attached hydrogen (secondary N) is 1. The van der Waals surface area contributed by atoms with Gasteiger partial charge in [-0.1, -0.05) is 24.3 Å². The molecule has 186 valence electrons. The predicted octanol–water partition coefficient (Wildman–Crippen LogP) is 3.46. The third-order valence-electron chi connectivity index (χ3n) is 6.03. The van der Waals surface area contributed by atoms with Crippen molar-refractivity contribution in [1.29, 1.82) is 0 Å². The molecular weight excluding hydrogens is 467 g/mol. The molecule has 1 atom stereocenters. The number of hydrogen-bond acceptors (Lipinski definition) is 7. The molecule has 2 aliphatic rings. The van der Waals surface area contributed by atoms with E-state index in [0.717, 1.165) is 4.90 Å². The lowest BCUT2D eigenvalue weighted by atomic mass is 9.80. The van der Waals surface area contributed by atoms with Crippen LogP contribution in [0.3, 0.4) is 0 Å². The van der Waals surface area contributed by atoms with Crippen LogP contribution in [0, 0.1) is 5.82 Å². The predicted molar refractivity (Wildman–Crippen MR) is 127 cm³/mol. The van der Waals surface area contributed by atoms with Crippen molar-refractivity contribution in [1.82, 2.24) is 10.2 Å². The summed E-state index contributed by atoms with van der Waals surface area (Å²) in [5.41, 5.74) is 1.78. The minimum Gasteiger partial charge on any atom is -0.463 e. The first kappa shape index (κ1) is 24.8. The van der Waals surface area contributed by atoms with E-state index in [1.54, 1.807) is 45.0 Å². The molecule has 4 rings (SSSR count). The van der Waals surface area contributed by atoms with Gasteiger partial charge in [-0.05, 0) is 50.6 Å². The van der Waals surface area contributed by atoms with Crippen molar-refractivity contribution in [2.75, 3.05) is 19.8 Å². The van der Waals surface area contributed by atoms with E-state index in [0.29, 0.717) is 11.3 Å². The summed E-state index contributed by atoms with van der Waals surface area (Å²) in [5.74, 6) is -3.85. The van der Waals surface area contributed by atoms with Crippen LogP contribution in [-0.2, 0) is 19.1 Å². The summed E-state index contributed by atoms with van der Waals surface area (Å²) in [6.45, 7) is 4.83. The molecule has 0 saturated heterocycles. The van der Waals surface area contributed by atoms with Crippen LogP contribution in [0.4, 0.5) is 4.39 Å². The first-order chi connectivity index (χ1) is 17.3. The molecule has 0 radical (unpaired) electrons. The van der Waals surface area contributed by atoms with Crippen molar-refractivity contribution in [3.05, 3.63) is 93.6 Å². The normalized spacial score (nSPS) is 17.2. The Labute approximate surface area is 207 Å². The second-order valence-electron chi connectivity index (χ2n) is 8.22. The number of allylic oxidation sites excluding steroid dienone is 1. The van der Waals surface area contributed by atoms with Gasteiger partial charge in [-0.25, -0.2) is 14.0 Å². The first-order valence-electron chi connectivity index (χ1n) is 11.5. The molecule has 0 aliphatic carbocycles. The van der Waals surface area contributed by atoms with Crippen molar-refractivity contribution < 1.29 is 33.0 Å². The van der Waals surface area contributed by atoms with Gasteiger partial charge in [0, 0.05) is 11.4 Å². The summed E-state index contributed by atoms with van der Waals surface area (Å²) in [6, 6.07) is 11.8. The highest BCUT2D eigenvalue weighted by Gasteiger charge is 2.42. The molecule has 1 unspecified atom stereocenters. The minimum atomic E-state index is -0.977. The fraction of sp³-hybridized carbons (Fsp3) is 0.259. The molecule has 36 heavy (non-hydrogen) atoms. The molecule has 0 spiro atoms. The van der Waals surface area contributed by atoms with E-state index in [-0.39, 0.29) is 47.7 Å². The molecule has 2 heterocycles. The van der Waals surface area contributed by atoms with Crippen LogP contribution >= 0.6 is 0 Å². The van der Waals surface area contributed by atoms with Crippen molar-refractivity contribution in [3.63, 3.8) is 0 Å². The highest BCUT2D eigenvalue weighted by molar-refractivity contribution is 6.21. The van der Waals surface area contributed by atoms with Gasteiger partial charge in [0.2, 0.25) is 0 Å². The third-order valence-corrected chi connectivity index (χ3v) is 6.03. The van der Waals surface area contributed by atoms with E-state index in [2.05, 4.69) is 5.32 Å². The molecule has 0 fully saturated rings. The van der Waals surface area contributed by atoms with Crippen molar-refractivity contribution >= 4 is 23.8 Å². The highest BCUT2D eigenvalue weighted by atomic mass is 19.1. The monoisotopic (exact) mass is 492 g/mol. The lowest BCUT2D eigenvalue weighted by Gasteiger charge is -2.32. The quantitative estimate of drug-likeness (QED) is 0.467. The van der Waals surface area contributed by atoms with Crippen LogP contribution in [0.2, 0.25) is 0 Å². The van der Waals surface area contributed by atoms with Crippen LogP contribution in [0.5, 0.6) is 0 Å². The largest absolute Gasteiger partial charge is 0.463 e. The van der Waals surface area contributed by atoms with Crippen molar-refractivity contribution in [2.24, 2.45) is 0 Å². The Morgan fingerprint density at radius 1 is 0.889 bits per heavy atom. The van der Waals surface area contributed by atoms with Gasteiger partial charge < -0.3 is 14.8 Å². The highest BCUT2D eigenvalue weighted by Crippen LogP contribution is 2.40. The smallest absolute Gasteiger partial charge is 0.336 e. The molecule has 0 bridgehead atoms. The van der Waals surface area contributed by atoms with Gasteiger partial charge in [0.05, 0.1) is 47.9 Å². The maximum Gasteiger partial charge on any atom is 0.336 e. The van der Waals surface area contributed by atoms with Crippen LogP contribution in [0.1, 0.15) is 53.0 Å². The number of fused-ring (bicyclic) bond motifs is 1. The van der Waals surface area contributed by atoms with Crippen molar-refractivity contribution in [2.45, 2.75) is 26.7 Å². The molecule has 9 heteroatoms. The number of carbonyl (C=O) groups is 4. The van der Waals surface area contributed by atoms with E-state index in [1.807, 2.05) is 0 Å². The van der Waals surface area contributed by atoms with Crippen LogP contribution < -0.4 is 5.32 Å². The molecule has 1 N–H and O–H groups in total. The van der Waals surface area contributed by atoms with Crippen molar-refractivity contribution in [3.8, 4) is 0 Å². The summed E-state index contributed by atoms with van der Waals surface area (Å²) in [4.78, 5) is 53.4. The van der Waals surface area contributed by atoms with Gasteiger partial charge >= 0.3 is 11.9 Å². The minimum absolute atomic E-state index is 0.0358. The number of ether oxygens (including phenoxy) is 2. The maximum absolute atomic E-state index is 13.7. The van der Waals surface area contributed by atoms with E-state index < -0.39 is 35.5 Å². The molecule has 0 aromatic heterocycles. The Morgan fingerprint density at radius 2 is 1.42 bits per heavy atom. The van der Waals surface area contributed by atoms with Gasteiger partial charge in [0.15, 0.2) is 0 Å². The number of amides is 2. The number of rotatable bonds is 7. The molecule has 8 nitrogen and oxygen atoms in total. The number of dihydropyridines is 1. The van der Waals surface area contributed by atoms with Gasteiger partial charge in [-0.2, -0.15) is 0 Å². The van der Waals surface area contributed by atoms with Gasteiger partial charge in [0.25, 0.3) is 11.8 Å². The molecule has 0 saturated carbocycles. The second-order valence-corrected chi connectivity index (χ2v) is 8.22. The summed E-state index contributed by atoms with van der Waals surface area (Å²) < 4.78 is 24.3. The van der Waals surface area contributed by atoms with Crippen LogP contribution in [0.25, 0.3) is 0 Å². The molecule has 2 aromatic rings. The Morgan fingerprint density at radius 3 is 1.94 bits per heavy atom. The zero-order valence-corrected chi connectivity index (χ0v) is 20.1. The van der Waals surface area contributed by atoms with E-state index in [1.165, 1.54) is 24.3 Å². The molecule has 2 aromatic carbocycles. The average molecular weight is 493 g/mol. The third kappa shape index (κ3) is 4.39. The Kier molecular flexibility index (Phi) is 7.00. The number of benzene rings is 2. The zero-order chi connectivity index (χ0) is 26.0. The summed E-state index contributed by atoms with van der Waals surface area (Å²) in [6.07, 6.45) is 0. The lowest BCUT2D eigenvalue weighted by Crippen LogP contribution is -2.40. The topological polar surface area (TPSA) is 102 Å². The average Bonchev–Trinajstić information content (AvgIpc) is 3.09. The van der Waals surface area contributed by atoms with Gasteiger partial charge in [-0.3, -0.25) is 14.5 Å². The Bertz CT molecular complexity index is 1280. The maximum atomic E-state index is 13.7. The fourth-order valence-corrected chi connectivity index (χ4v) is 4.48. The zero-order valence-electron chi connectivity index (χ0n) is 20.1. The van der Waals surface area contributed by atoms with Gasteiger partial charge in [-0.15, -0.1) is 0 Å². The molecular formula is C27H25FN2O6. The number of nitrogens with zero attached hydrogens (tertiary/aromatic N) is 1. The fourth-order valence-electron chi connectivity index (χ4n) is 4.48. The van der Waals surface area contributed by atoms with Gasteiger partial charge in [0.1, 0.15) is 5.82 Å². The second kappa shape index (κ2) is 10.2. The summed E-state index contributed by atoms with van der Waals surface area (Å²) >= 11 is 0. The SMILES string of the molecule is CCOC(=O)C1=C(C)NC(CN2C(=O)c3ccccc3C2=O)=C(C(=O)OCC)C1c1ccc(F)cc1. The lowest BCUT2D eigenvalue weighted by molar-refractivity contribution is -0.139. The van der Waals surface area contributed by atoms with Crippen LogP contribution in [-0.4, -0.2) is 48.4 Å². The molecule has 2 aliphatic heterocycles. The number of hydrogen-bond donors (Lipinski definition) is 1. The van der Waals surface area contributed by atoms with E-state index in [9.17, 15) is 23.6 Å².